The molecule has 0 aliphatic heterocycles. The summed E-state index contributed by atoms with van der Waals surface area (Å²) < 4.78 is 6.72. The minimum Gasteiger partial charge on any atom is -0.542 e. The molecular weight excluding hydrogens is 424 g/mol. The zero-order valence-electron chi connectivity index (χ0n) is 21.3. The van der Waals surface area contributed by atoms with Gasteiger partial charge in [0.25, 0.3) is 9.04 Å². The fourth-order valence-corrected chi connectivity index (χ4v) is 5.68. The smallest absolute Gasteiger partial charge is 0.335 e. The molecule has 0 amide bonds. The van der Waals surface area contributed by atoms with Gasteiger partial charge in [-0.25, -0.2) is 4.79 Å². The van der Waals surface area contributed by atoms with E-state index < -0.39 is 15.0 Å². The normalized spacial score (nSPS) is 16.7. The number of aromatic carboxylic acids is 1. The summed E-state index contributed by atoms with van der Waals surface area (Å²) in [6.45, 7) is 15.9. The molecule has 177 valence electrons. The second kappa shape index (κ2) is 9.88. The first kappa shape index (κ1) is 25.3. The van der Waals surface area contributed by atoms with E-state index in [0.717, 1.165) is 22.4 Å². The van der Waals surface area contributed by atoms with Crippen molar-refractivity contribution in [3.8, 4) is 5.75 Å². The molecule has 0 unspecified atom stereocenters. The van der Waals surface area contributed by atoms with Gasteiger partial charge in [0.05, 0.1) is 5.56 Å². The van der Waals surface area contributed by atoms with Gasteiger partial charge in [0.15, 0.2) is 0 Å². The Morgan fingerprint density at radius 2 is 1.64 bits per heavy atom. The van der Waals surface area contributed by atoms with E-state index in [9.17, 15) is 9.90 Å². The zero-order chi connectivity index (χ0) is 24.4. The van der Waals surface area contributed by atoms with Crippen LogP contribution in [-0.2, 0) is 10.8 Å². The van der Waals surface area contributed by atoms with Crippen LogP contribution in [0.4, 0.5) is 0 Å². The standard InChI is InChI=1S/C29H39O3Si/c1-20(19-21-11-13-22(14-12-21)27(30)31)23-15-16-24(28(2,3)4)25(26(23)32-33(6)7)29(5)17-9-8-10-18-29/h11-16,19H,8-10,17-18H2,1-7H3,(H,30,31). The molecule has 3 rings (SSSR count). The highest BCUT2D eigenvalue weighted by atomic mass is 28.3. The minimum atomic E-state index is -0.969. The Hall–Kier alpha value is -2.33. The second-order valence-corrected chi connectivity index (χ2v) is 13.0. The van der Waals surface area contributed by atoms with Crippen LogP contribution in [0, 0.1) is 0 Å². The van der Waals surface area contributed by atoms with Crippen molar-refractivity contribution in [1.29, 1.82) is 0 Å². The average molecular weight is 464 g/mol. The van der Waals surface area contributed by atoms with Crippen LogP contribution in [0.5, 0.6) is 5.75 Å². The lowest BCUT2D eigenvalue weighted by molar-refractivity contribution is 0.0697. The van der Waals surface area contributed by atoms with Crippen molar-refractivity contribution in [3.05, 3.63) is 64.2 Å². The fraction of sp³-hybridized carbons (Fsp3) is 0.483. The van der Waals surface area contributed by atoms with Gasteiger partial charge >= 0.3 is 5.97 Å². The summed E-state index contributed by atoms with van der Waals surface area (Å²) >= 11 is 0. The summed E-state index contributed by atoms with van der Waals surface area (Å²) in [7, 11) is -0.969. The molecule has 1 N–H and O–H groups in total. The average Bonchev–Trinajstić information content (AvgIpc) is 2.73. The van der Waals surface area contributed by atoms with Gasteiger partial charge in [-0.1, -0.05) is 77.3 Å². The van der Waals surface area contributed by atoms with Crippen molar-refractivity contribution in [3.63, 3.8) is 0 Å². The number of rotatable bonds is 6. The molecule has 3 nitrogen and oxygen atoms in total. The molecular formula is C29H39O3Si. The molecule has 0 atom stereocenters. The van der Waals surface area contributed by atoms with Gasteiger partial charge in [-0.05, 0) is 72.5 Å². The lowest BCUT2D eigenvalue weighted by Gasteiger charge is -2.40. The maximum Gasteiger partial charge on any atom is 0.335 e. The molecule has 33 heavy (non-hydrogen) atoms. The number of benzene rings is 2. The fourth-order valence-electron chi connectivity index (χ4n) is 5.06. The van der Waals surface area contributed by atoms with Crippen LogP contribution in [0.1, 0.15) is 99.3 Å². The largest absolute Gasteiger partial charge is 0.542 e. The molecule has 4 heteroatoms. The molecule has 0 bridgehead atoms. The molecule has 0 saturated heterocycles. The highest BCUT2D eigenvalue weighted by molar-refractivity contribution is 6.49. The second-order valence-electron chi connectivity index (χ2n) is 11.0. The first-order valence-corrected chi connectivity index (χ1v) is 14.5. The topological polar surface area (TPSA) is 46.5 Å². The van der Waals surface area contributed by atoms with Crippen molar-refractivity contribution in [1.82, 2.24) is 0 Å². The molecule has 0 aromatic heterocycles. The summed E-state index contributed by atoms with van der Waals surface area (Å²) in [5.41, 5.74) is 6.54. The van der Waals surface area contributed by atoms with Gasteiger partial charge in [-0.3, -0.25) is 0 Å². The first-order chi connectivity index (χ1) is 15.4. The molecule has 2 aromatic rings. The molecule has 0 spiro atoms. The van der Waals surface area contributed by atoms with Gasteiger partial charge in [0, 0.05) is 11.1 Å². The summed E-state index contributed by atoms with van der Waals surface area (Å²) in [6.07, 6.45) is 8.39. The van der Waals surface area contributed by atoms with Crippen LogP contribution in [0.2, 0.25) is 13.1 Å². The Kier molecular flexibility index (Phi) is 7.58. The Morgan fingerprint density at radius 3 is 2.15 bits per heavy atom. The molecule has 1 radical (unpaired) electrons. The van der Waals surface area contributed by atoms with Crippen LogP contribution in [0.15, 0.2) is 36.4 Å². The number of allylic oxidation sites excluding steroid dienone is 1. The maximum atomic E-state index is 11.2. The van der Waals surface area contributed by atoms with Gasteiger partial charge in [0.1, 0.15) is 5.75 Å². The van der Waals surface area contributed by atoms with E-state index in [0.29, 0.717) is 5.56 Å². The van der Waals surface area contributed by atoms with Crippen LogP contribution in [0.25, 0.3) is 11.6 Å². The monoisotopic (exact) mass is 463 g/mol. The minimum absolute atomic E-state index is 0.0328. The SMILES string of the molecule is CC(=Cc1ccc(C(=O)O)cc1)c1ccc(C(C)(C)C)c(C2(C)CCCCC2)c1O[Si](C)C. The van der Waals surface area contributed by atoms with Crippen molar-refractivity contribution in [2.24, 2.45) is 0 Å². The predicted octanol–water partition coefficient (Wildman–Crippen LogP) is 8.09. The number of carboxylic acid groups (broad SMARTS) is 1. The molecule has 1 aliphatic carbocycles. The molecule has 2 aromatic carbocycles. The summed E-state index contributed by atoms with van der Waals surface area (Å²) in [5.74, 6) is 0.170. The van der Waals surface area contributed by atoms with Crippen molar-refractivity contribution < 1.29 is 14.3 Å². The van der Waals surface area contributed by atoms with Gasteiger partial charge in [0.2, 0.25) is 0 Å². The first-order valence-electron chi connectivity index (χ1n) is 12.1. The van der Waals surface area contributed by atoms with E-state index in [1.807, 2.05) is 12.1 Å². The molecule has 0 heterocycles. The Balaban J connectivity index is 2.20. The molecule has 1 aliphatic rings. The van der Waals surface area contributed by atoms with Gasteiger partial charge in [-0.2, -0.15) is 0 Å². The quantitative estimate of drug-likeness (QED) is 0.348. The number of hydrogen-bond donors (Lipinski definition) is 1. The van der Waals surface area contributed by atoms with E-state index in [2.05, 4.69) is 65.9 Å². The van der Waals surface area contributed by atoms with Crippen molar-refractivity contribution >= 4 is 26.7 Å². The van der Waals surface area contributed by atoms with Crippen LogP contribution < -0.4 is 4.43 Å². The maximum absolute atomic E-state index is 11.2. The third-order valence-corrected chi connectivity index (χ3v) is 7.41. The lowest BCUT2D eigenvalue weighted by Crippen LogP contribution is -2.31. The Labute approximate surface area is 201 Å². The highest BCUT2D eigenvalue weighted by Crippen LogP contribution is 2.49. The van der Waals surface area contributed by atoms with E-state index in [4.69, 9.17) is 4.43 Å². The lowest BCUT2D eigenvalue weighted by atomic mass is 9.65. The summed E-state index contributed by atoms with van der Waals surface area (Å²) in [6, 6.07) is 11.6. The zero-order valence-corrected chi connectivity index (χ0v) is 22.3. The van der Waals surface area contributed by atoms with E-state index in [1.54, 1.807) is 12.1 Å². The van der Waals surface area contributed by atoms with Crippen LogP contribution in [-0.4, -0.2) is 20.1 Å². The van der Waals surface area contributed by atoms with Crippen molar-refractivity contribution in [2.45, 2.75) is 90.6 Å². The van der Waals surface area contributed by atoms with Crippen LogP contribution in [0.3, 0.4) is 0 Å². The Morgan fingerprint density at radius 1 is 1.03 bits per heavy atom. The number of carbonyl (C=O) groups is 1. The van der Waals surface area contributed by atoms with Crippen LogP contribution >= 0.6 is 0 Å². The van der Waals surface area contributed by atoms with Gasteiger partial charge in [-0.15, -0.1) is 0 Å². The predicted molar refractivity (Wildman–Crippen MR) is 141 cm³/mol. The molecule has 1 fully saturated rings. The Bertz CT molecular complexity index is 1020. The van der Waals surface area contributed by atoms with E-state index in [1.165, 1.54) is 43.2 Å². The molecule has 1 saturated carbocycles. The van der Waals surface area contributed by atoms with E-state index in [-0.39, 0.29) is 10.8 Å². The summed E-state index contributed by atoms with van der Waals surface area (Å²) in [5, 5.41) is 9.20. The third-order valence-electron chi connectivity index (χ3n) is 6.80. The number of hydrogen-bond acceptors (Lipinski definition) is 2. The summed E-state index contributed by atoms with van der Waals surface area (Å²) in [4.78, 5) is 11.2. The van der Waals surface area contributed by atoms with Gasteiger partial charge < -0.3 is 9.53 Å². The van der Waals surface area contributed by atoms with E-state index >= 15 is 0 Å². The van der Waals surface area contributed by atoms with Crippen molar-refractivity contribution in [2.75, 3.05) is 0 Å². The third kappa shape index (κ3) is 5.78. The number of carboxylic acids is 1. The highest BCUT2D eigenvalue weighted by Gasteiger charge is 2.37.